The van der Waals surface area contributed by atoms with Crippen LogP contribution in [0.3, 0.4) is 0 Å². The van der Waals surface area contributed by atoms with Gasteiger partial charge in [0, 0.05) is 0 Å². The third-order valence-electron chi connectivity index (χ3n) is 4.39. The highest BCUT2D eigenvalue weighted by Crippen LogP contribution is 2.38. The van der Waals surface area contributed by atoms with Crippen LogP contribution in [0, 0.1) is 19.8 Å². The normalized spacial score (nSPS) is 13.5. The van der Waals surface area contributed by atoms with Crippen LogP contribution in [0.2, 0.25) is 0 Å². The van der Waals surface area contributed by atoms with Crippen LogP contribution in [-0.2, 0) is 6.42 Å². The number of rotatable bonds is 3. The van der Waals surface area contributed by atoms with Crippen molar-refractivity contribution in [3.63, 3.8) is 0 Å². The molecule has 21 heavy (non-hydrogen) atoms. The van der Waals surface area contributed by atoms with Gasteiger partial charge in [-0.25, -0.2) is 0 Å². The molecule has 0 fully saturated rings. The van der Waals surface area contributed by atoms with Crippen LogP contribution in [0.25, 0.3) is 17.2 Å². The first-order valence-corrected chi connectivity index (χ1v) is 7.94. The van der Waals surface area contributed by atoms with Gasteiger partial charge in [-0.1, -0.05) is 61.9 Å². The minimum atomic E-state index is 0.730. The summed E-state index contributed by atoms with van der Waals surface area (Å²) >= 11 is 0. The van der Waals surface area contributed by atoms with Crippen molar-refractivity contribution < 1.29 is 0 Å². The lowest BCUT2D eigenvalue weighted by Crippen LogP contribution is -1.94. The summed E-state index contributed by atoms with van der Waals surface area (Å²) in [7, 11) is 0. The van der Waals surface area contributed by atoms with Crippen molar-refractivity contribution in [3.05, 3.63) is 64.2 Å². The summed E-state index contributed by atoms with van der Waals surface area (Å²) in [5, 5.41) is 0. The van der Waals surface area contributed by atoms with Gasteiger partial charge in [-0.3, -0.25) is 0 Å². The fraction of sp³-hybridized carbons (Fsp3) is 0.333. The Labute approximate surface area is 128 Å². The number of aryl methyl sites for hydroxylation is 2. The van der Waals surface area contributed by atoms with Crippen molar-refractivity contribution in [2.24, 2.45) is 5.92 Å². The largest absolute Gasteiger partial charge is 0.0649 e. The maximum Gasteiger partial charge on any atom is -0.00575 e. The number of benzene rings is 2. The Bertz CT molecular complexity index is 702. The van der Waals surface area contributed by atoms with Crippen molar-refractivity contribution >= 4 is 6.08 Å². The van der Waals surface area contributed by atoms with Gasteiger partial charge in [0.05, 0.1) is 0 Å². The maximum absolute atomic E-state index is 2.45. The van der Waals surface area contributed by atoms with Crippen LogP contribution >= 0.6 is 0 Å². The Morgan fingerprint density at radius 2 is 1.71 bits per heavy atom. The minimum absolute atomic E-state index is 0.730. The zero-order valence-electron chi connectivity index (χ0n) is 13.5. The molecule has 0 radical (unpaired) electrons. The topological polar surface area (TPSA) is 0 Å². The minimum Gasteiger partial charge on any atom is -0.0649 e. The Kier molecular flexibility index (Phi) is 3.71. The second-order valence-corrected chi connectivity index (χ2v) is 6.72. The first-order valence-electron chi connectivity index (χ1n) is 7.94. The lowest BCUT2D eigenvalue weighted by atomic mass is 9.90. The third kappa shape index (κ3) is 2.68. The summed E-state index contributed by atoms with van der Waals surface area (Å²) in [4.78, 5) is 0. The molecule has 2 aromatic rings. The van der Waals surface area contributed by atoms with Gasteiger partial charge in [-0.2, -0.15) is 0 Å². The SMILES string of the molecule is Cc1ccccc1-c1c(C)ccc2c1C=C(CC(C)C)C2. The molecule has 0 heteroatoms. The van der Waals surface area contributed by atoms with Crippen molar-refractivity contribution in [2.75, 3.05) is 0 Å². The molecule has 0 atom stereocenters. The van der Waals surface area contributed by atoms with Gasteiger partial charge >= 0.3 is 0 Å². The van der Waals surface area contributed by atoms with Crippen LogP contribution in [0.5, 0.6) is 0 Å². The number of fused-ring (bicyclic) bond motifs is 1. The lowest BCUT2D eigenvalue weighted by molar-refractivity contribution is 0.638. The molecule has 1 aliphatic rings. The van der Waals surface area contributed by atoms with Gasteiger partial charge in [-0.05, 0) is 66.0 Å². The molecule has 0 aromatic heterocycles. The van der Waals surface area contributed by atoms with E-state index in [1.165, 1.54) is 39.8 Å². The van der Waals surface area contributed by atoms with Crippen LogP contribution in [0.15, 0.2) is 42.0 Å². The summed E-state index contributed by atoms with van der Waals surface area (Å²) in [5.41, 5.74) is 10.1. The molecule has 0 nitrogen and oxygen atoms in total. The zero-order valence-corrected chi connectivity index (χ0v) is 13.5. The maximum atomic E-state index is 2.45. The highest BCUT2D eigenvalue weighted by Gasteiger charge is 2.19. The van der Waals surface area contributed by atoms with Gasteiger partial charge in [0.1, 0.15) is 0 Å². The highest BCUT2D eigenvalue weighted by molar-refractivity contribution is 5.84. The second kappa shape index (κ2) is 5.52. The third-order valence-corrected chi connectivity index (χ3v) is 4.39. The standard InChI is InChI=1S/C21H24/c1-14(2)11-17-12-18-10-9-16(4)21(20(18)13-17)19-8-6-5-7-15(19)3/h5-10,13-14H,11-12H2,1-4H3. The Morgan fingerprint density at radius 1 is 0.952 bits per heavy atom. The van der Waals surface area contributed by atoms with E-state index in [0.717, 1.165) is 12.3 Å². The average molecular weight is 276 g/mol. The van der Waals surface area contributed by atoms with Crippen molar-refractivity contribution in [3.8, 4) is 11.1 Å². The predicted octanol–water partition coefficient (Wildman–Crippen LogP) is 5.96. The average Bonchev–Trinajstić information content (AvgIpc) is 2.81. The van der Waals surface area contributed by atoms with E-state index in [0.29, 0.717) is 0 Å². The zero-order chi connectivity index (χ0) is 15.0. The summed E-state index contributed by atoms with van der Waals surface area (Å²) in [5.74, 6) is 0.730. The van der Waals surface area contributed by atoms with E-state index in [4.69, 9.17) is 0 Å². The van der Waals surface area contributed by atoms with Gasteiger partial charge in [0.2, 0.25) is 0 Å². The fourth-order valence-corrected chi connectivity index (χ4v) is 3.46. The molecule has 0 saturated carbocycles. The Balaban J connectivity index is 2.14. The second-order valence-electron chi connectivity index (χ2n) is 6.72. The molecule has 0 amide bonds. The predicted molar refractivity (Wildman–Crippen MR) is 92.5 cm³/mol. The van der Waals surface area contributed by atoms with E-state index in [1.54, 1.807) is 5.57 Å². The van der Waals surface area contributed by atoms with E-state index in [2.05, 4.69) is 70.2 Å². The summed E-state index contributed by atoms with van der Waals surface area (Å²) < 4.78 is 0. The smallest absolute Gasteiger partial charge is 0.00575 e. The first kappa shape index (κ1) is 14.1. The van der Waals surface area contributed by atoms with Gasteiger partial charge < -0.3 is 0 Å². The number of hydrogen-bond donors (Lipinski definition) is 0. The summed E-state index contributed by atoms with van der Waals surface area (Å²) in [6.45, 7) is 9.05. The molecule has 1 aliphatic carbocycles. The molecule has 3 rings (SSSR count). The van der Waals surface area contributed by atoms with Crippen LogP contribution in [0.4, 0.5) is 0 Å². The van der Waals surface area contributed by atoms with Crippen molar-refractivity contribution in [1.29, 1.82) is 0 Å². The van der Waals surface area contributed by atoms with Gasteiger partial charge in [0.25, 0.3) is 0 Å². The first-order chi connectivity index (χ1) is 10.1. The van der Waals surface area contributed by atoms with Crippen LogP contribution in [-0.4, -0.2) is 0 Å². The molecular formula is C21H24. The van der Waals surface area contributed by atoms with E-state index in [9.17, 15) is 0 Å². The molecule has 0 spiro atoms. The van der Waals surface area contributed by atoms with Crippen molar-refractivity contribution in [2.45, 2.75) is 40.5 Å². The number of hydrogen-bond acceptors (Lipinski definition) is 0. The molecule has 2 aromatic carbocycles. The molecule has 0 aliphatic heterocycles. The molecular weight excluding hydrogens is 252 g/mol. The van der Waals surface area contributed by atoms with E-state index in [-0.39, 0.29) is 0 Å². The highest BCUT2D eigenvalue weighted by atomic mass is 14.2. The summed E-state index contributed by atoms with van der Waals surface area (Å²) in [6.07, 6.45) is 4.79. The summed E-state index contributed by atoms with van der Waals surface area (Å²) in [6, 6.07) is 13.3. The molecule has 0 bridgehead atoms. The van der Waals surface area contributed by atoms with Gasteiger partial charge in [-0.15, -0.1) is 0 Å². The van der Waals surface area contributed by atoms with Gasteiger partial charge in [0.15, 0.2) is 0 Å². The quantitative estimate of drug-likeness (QED) is 0.649. The van der Waals surface area contributed by atoms with Crippen molar-refractivity contribution in [1.82, 2.24) is 0 Å². The Hall–Kier alpha value is -1.82. The van der Waals surface area contributed by atoms with E-state index in [1.807, 2.05) is 0 Å². The van der Waals surface area contributed by atoms with Crippen LogP contribution in [0.1, 0.15) is 42.5 Å². The number of allylic oxidation sites excluding steroid dienone is 1. The lowest BCUT2D eigenvalue weighted by Gasteiger charge is -2.14. The molecule has 108 valence electrons. The van der Waals surface area contributed by atoms with E-state index < -0.39 is 0 Å². The monoisotopic (exact) mass is 276 g/mol. The molecule has 0 heterocycles. The Morgan fingerprint density at radius 3 is 2.43 bits per heavy atom. The fourth-order valence-electron chi connectivity index (χ4n) is 3.46. The molecule has 0 saturated heterocycles. The molecule has 0 N–H and O–H groups in total. The van der Waals surface area contributed by atoms with E-state index >= 15 is 0 Å². The molecule has 0 unspecified atom stereocenters. The van der Waals surface area contributed by atoms with Crippen LogP contribution < -0.4 is 0 Å².